The minimum atomic E-state index is -0.337. The van der Waals surface area contributed by atoms with E-state index in [4.69, 9.17) is 0 Å². The third-order valence-electron chi connectivity index (χ3n) is 4.28. The Labute approximate surface area is 174 Å². The molecule has 2 amide bonds. The minimum Gasteiger partial charge on any atom is -0.273 e. The SMILES string of the molecule is CC(=NNC(=O)CCCCC(=O)NN=C(C)c1ccc(F)cc1)c1ccc(F)cc1. The topological polar surface area (TPSA) is 82.9 Å². The highest BCUT2D eigenvalue weighted by Gasteiger charge is 2.05. The second-order valence-electron chi connectivity index (χ2n) is 6.69. The smallest absolute Gasteiger partial charge is 0.240 e. The van der Waals surface area contributed by atoms with Gasteiger partial charge in [-0.05, 0) is 62.1 Å². The van der Waals surface area contributed by atoms with Crippen molar-refractivity contribution in [2.75, 3.05) is 0 Å². The van der Waals surface area contributed by atoms with Crippen LogP contribution in [-0.2, 0) is 9.59 Å². The van der Waals surface area contributed by atoms with Gasteiger partial charge in [0.05, 0.1) is 11.4 Å². The summed E-state index contributed by atoms with van der Waals surface area (Å²) in [4.78, 5) is 23.7. The van der Waals surface area contributed by atoms with E-state index in [0.717, 1.165) is 0 Å². The molecule has 0 unspecified atom stereocenters. The molecule has 0 saturated heterocycles. The molecular weight excluding hydrogens is 390 g/mol. The predicted octanol–water partition coefficient (Wildman–Crippen LogP) is 3.91. The first-order valence-corrected chi connectivity index (χ1v) is 9.53. The maximum atomic E-state index is 12.9. The fraction of sp³-hybridized carbons (Fsp3) is 0.273. The highest BCUT2D eigenvalue weighted by Crippen LogP contribution is 2.06. The van der Waals surface area contributed by atoms with Crippen molar-refractivity contribution in [3.8, 4) is 0 Å². The second-order valence-corrected chi connectivity index (χ2v) is 6.69. The van der Waals surface area contributed by atoms with Crippen molar-refractivity contribution in [2.24, 2.45) is 10.2 Å². The molecule has 0 aliphatic rings. The average molecular weight is 414 g/mol. The van der Waals surface area contributed by atoms with Gasteiger partial charge in [-0.25, -0.2) is 19.6 Å². The van der Waals surface area contributed by atoms with Crippen LogP contribution in [0.4, 0.5) is 8.78 Å². The van der Waals surface area contributed by atoms with E-state index in [0.29, 0.717) is 35.4 Å². The Morgan fingerprint density at radius 1 is 0.700 bits per heavy atom. The molecule has 2 aromatic rings. The summed E-state index contributed by atoms with van der Waals surface area (Å²) in [6.07, 6.45) is 1.49. The van der Waals surface area contributed by atoms with Gasteiger partial charge in [-0.3, -0.25) is 9.59 Å². The van der Waals surface area contributed by atoms with Gasteiger partial charge in [0.25, 0.3) is 0 Å². The van der Waals surface area contributed by atoms with E-state index in [1.54, 1.807) is 38.1 Å². The van der Waals surface area contributed by atoms with E-state index in [1.807, 2.05) is 0 Å². The normalized spacial score (nSPS) is 11.9. The number of hydrazone groups is 2. The summed E-state index contributed by atoms with van der Waals surface area (Å²) in [6, 6.07) is 11.6. The Bertz CT molecular complexity index is 846. The van der Waals surface area contributed by atoms with Crippen molar-refractivity contribution in [3.63, 3.8) is 0 Å². The van der Waals surface area contributed by atoms with Crippen molar-refractivity contribution in [2.45, 2.75) is 39.5 Å². The van der Waals surface area contributed by atoms with E-state index in [9.17, 15) is 18.4 Å². The Morgan fingerprint density at radius 3 is 1.37 bits per heavy atom. The van der Waals surface area contributed by atoms with E-state index < -0.39 is 0 Å². The number of amides is 2. The summed E-state index contributed by atoms with van der Waals surface area (Å²) in [5, 5.41) is 7.99. The van der Waals surface area contributed by atoms with Crippen molar-refractivity contribution in [3.05, 3.63) is 71.3 Å². The first-order chi connectivity index (χ1) is 14.3. The van der Waals surface area contributed by atoms with Gasteiger partial charge in [-0.15, -0.1) is 0 Å². The monoisotopic (exact) mass is 414 g/mol. The van der Waals surface area contributed by atoms with Crippen LogP contribution in [-0.4, -0.2) is 23.2 Å². The van der Waals surface area contributed by atoms with Gasteiger partial charge >= 0.3 is 0 Å². The number of benzene rings is 2. The zero-order chi connectivity index (χ0) is 21.9. The standard InChI is InChI=1S/C22H24F2N4O2/c1-15(17-7-11-19(23)12-8-17)25-27-21(29)5-3-4-6-22(30)28-26-16(2)18-9-13-20(24)14-10-18/h7-14H,3-6H2,1-2H3,(H,27,29)(H,28,30). The number of unbranched alkanes of at least 4 members (excludes halogenated alkanes) is 1. The first-order valence-electron chi connectivity index (χ1n) is 9.53. The van der Waals surface area contributed by atoms with E-state index in [2.05, 4.69) is 21.1 Å². The maximum Gasteiger partial charge on any atom is 0.240 e. The van der Waals surface area contributed by atoms with Crippen molar-refractivity contribution in [1.82, 2.24) is 10.9 Å². The highest BCUT2D eigenvalue weighted by molar-refractivity contribution is 5.99. The molecule has 30 heavy (non-hydrogen) atoms. The largest absolute Gasteiger partial charge is 0.273 e. The molecule has 6 nitrogen and oxygen atoms in total. The molecule has 2 rings (SSSR count). The molecule has 0 fully saturated rings. The van der Waals surface area contributed by atoms with E-state index in [1.165, 1.54) is 24.3 Å². The molecular formula is C22H24F2N4O2. The number of hydrogen-bond donors (Lipinski definition) is 2. The molecule has 8 heteroatoms. The molecule has 0 aromatic heterocycles. The number of hydrogen-bond acceptors (Lipinski definition) is 4. The van der Waals surface area contributed by atoms with Crippen LogP contribution in [0.15, 0.2) is 58.7 Å². The average Bonchev–Trinajstić information content (AvgIpc) is 2.74. The number of nitrogens with one attached hydrogen (secondary N) is 2. The number of carbonyl (C=O) groups excluding carboxylic acids is 2. The van der Waals surface area contributed by atoms with E-state index in [-0.39, 0.29) is 36.3 Å². The molecule has 2 aromatic carbocycles. The second kappa shape index (κ2) is 11.5. The zero-order valence-electron chi connectivity index (χ0n) is 16.9. The van der Waals surface area contributed by atoms with Gasteiger partial charge in [0.1, 0.15) is 11.6 Å². The van der Waals surface area contributed by atoms with E-state index >= 15 is 0 Å². The molecule has 0 bridgehead atoms. The molecule has 158 valence electrons. The number of rotatable bonds is 9. The lowest BCUT2D eigenvalue weighted by Gasteiger charge is -2.04. The number of halogens is 2. The zero-order valence-corrected chi connectivity index (χ0v) is 16.9. The van der Waals surface area contributed by atoms with Gasteiger partial charge in [0, 0.05) is 12.8 Å². The van der Waals surface area contributed by atoms with Crippen LogP contribution in [0.25, 0.3) is 0 Å². The summed E-state index contributed by atoms with van der Waals surface area (Å²) in [5.74, 6) is -1.20. The van der Waals surface area contributed by atoms with Crippen LogP contribution in [0.3, 0.4) is 0 Å². The third-order valence-corrected chi connectivity index (χ3v) is 4.28. The molecule has 0 spiro atoms. The third kappa shape index (κ3) is 7.90. The van der Waals surface area contributed by atoms with Crippen LogP contribution in [0.5, 0.6) is 0 Å². The number of carbonyl (C=O) groups is 2. The molecule has 2 N–H and O–H groups in total. The predicted molar refractivity (Wildman–Crippen MR) is 112 cm³/mol. The number of nitrogens with zero attached hydrogens (tertiary/aromatic N) is 2. The van der Waals surface area contributed by atoms with Crippen molar-refractivity contribution >= 4 is 23.2 Å². The maximum absolute atomic E-state index is 12.9. The summed E-state index contributed by atoms with van der Waals surface area (Å²) >= 11 is 0. The Hall–Kier alpha value is -3.42. The molecule has 0 atom stereocenters. The summed E-state index contributed by atoms with van der Waals surface area (Å²) in [7, 11) is 0. The quantitative estimate of drug-likeness (QED) is 0.371. The van der Waals surface area contributed by atoms with Gasteiger partial charge in [0.15, 0.2) is 0 Å². The molecule has 0 aliphatic heterocycles. The van der Waals surface area contributed by atoms with Crippen LogP contribution in [0, 0.1) is 11.6 Å². The van der Waals surface area contributed by atoms with Crippen LogP contribution in [0.1, 0.15) is 50.7 Å². The summed E-state index contributed by atoms with van der Waals surface area (Å²) < 4.78 is 25.8. The summed E-state index contributed by atoms with van der Waals surface area (Å²) in [5.41, 5.74) is 7.46. The fourth-order valence-electron chi connectivity index (χ4n) is 2.49. The lowest BCUT2D eigenvalue weighted by atomic mass is 10.1. The van der Waals surface area contributed by atoms with Gasteiger partial charge in [0.2, 0.25) is 11.8 Å². The molecule has 0 heterocycles. The lowest BCUT2D eigenvalue weighted by Crippen LogP contribution is -2.20. The highest BCUT2D eigenvalue weighted by atomic mass is 19.1. The van der Waals surface area contributed by atoms with Gasteiger partial charge in [-0.1, -0.05) is 24.3 Å². The van der Waals surface area contributed by atoms with Gasteiger partial charge in [-0.2, -0.15) is 10.2 Å². The summed E-state index contributed by atoms with van der Waals surface area (Å²) in [6.45, 7) is 3.43. The Balaban J connectivity index is 1.66. The van der Waals surface area contributed by atoms with Crippen LogP contribution in [0.2, 0.25) is 0 Å². The van der Waals surface area contributed by atoms with Crippen molar-refractivity contribution in [1.29, 1.82) is 0 Å². The molecule has 0 saturated carbocycles. The van der Waals surface area contributed by atoms with Gasteiger partial charge < -0.3 is 0 Å². The first kappa shape index (κ1) is 22.9. The minimum absolute atomic E-state index is 0.228. The van der Waals surface area contributed by atoms with Crippen LogP contribution < -0.4 is 10.9 Å². The molecule has 0 radical (unpaired) electrons. The Morgan fingerprint density at radius 2 is 1.03 bits per heavy atom. The fourth-order valence-corrected chi connectivity index (χ4v) is 2.49. The molecule has 0 aliphatic carbocycles. The van der Waals surface area contributed by atoms with Crippen molar-refractivity contribution < 1.29 is 18.4 Å². The Kier molecular flexibility index (Phi) is 8.80. The van der Waals surface area contributed by atoms with Crippen LogP contribution >= 0.6 is 0 Å². The lowest BCUT2D eigenvalue weighted by molar-refractivity contribution is -0.123.